The quantitative estimate of drug-likeness (QED) is 0.571. The minimum Gasteiger partial charge on any atom is -0.504 e. The van der Waals surface area contributed by atoms with Crippen LogP contribution in [0.4, 0.5) is 0 Å². The van der Waals surface area contributed by atoms with Gasteiger partial charge in [0.2, 0.25) is 11.2 Å². The molecule has 0 atom stereocenters. The van der Waals surface area contributed by atoms with E-state index >= 15 is 0 Å². The van der Waals surface area contributed by atoms with Crippen LogP contribution in [0, 0.1) is 6.92 Å². The van der Waals surface area contributed by atoms with Gasteiger partial charge in [0.15, 0.2) is 5.75 Å². The summed E-state index contributed by atoms with van der Waals surface area (Å²) in [6.45, 7) is 1.61. The van der Waals surface area contributed by atoms with Gasteiger partial charge in [0.05, 0.1) is 0 Å². The van der Waals surface area contributed by atoms with E-state index in [1.807, 2.05) is 0 Å². The molecule has 1 aromatic rings. The number of aromatic hydroxyl groups is 2. The zero-order chi connectivity index (χ0) is 8.43. The Labute approximate surface area is 69.0 Å². The smallest absolute Gasteiger partial charge is 0.224 e. The van der Waals surface area contributed by atoms with Crippen LogP contribution >= 0.6 is 0 Å². The Morgan fingerprint density at radius 1 is 1.17 bits per heavy atom. The SMILES string of the molecule is Cc1cccc(=O)c(O)c1O.O. The van der Waals surface area contributed by atoms with Crippen molar-refractivity contribution < 1.29 is 15.7 Å². The second-order valence-corrected chi connectivity index (χ2v) is 2.27. The Kier molecular flexibility index (Phi) is 3.25. The van der Waals surface area contributed by atoms with Crippen molar-refractivity contribution in [2.75, 3.05) is 0 Å². The molecule has 4 N–H and O–H groups in total. The predicted molar refractivity (Wildman–Crippen MR) is 44.4 cm³/mol. The fourth-order valence-electron chi connectivity index (χ4n) is 0.741. The number of rotatable bonds is 0. The molecule has 0 saturated heterocycles. The molecule has 0 unspecified atom stereocenters. The Balaban J connectivity index is 0.00000121. The molecule has 4 heteroatoms. The van der Waals surface area contributed by atoms with Gasteiger partial charge >= 0.3 is 0 Å². The first-order chi connectivity index (χ1) is 5.13. The summed E-state index contributed by atoms with van der Waals surface area (Å²) in [7, 11) is 0. The highest BCUT2D eigenvalue weighted by molar-refractivity contribution is 5.41. The lowest BCUT2D eigenvalue weighted by Gasteiger charge is -1.91. The zero-order valence-electron chi connectivity index (χ0n) is 6.53. The molecule has 0 bridgehead atoms. The Hall–Kier alpha value is -1.55. The summed E-state index contributed by atoms with van der Waals surface area (Å²) in [6, 6.07) is 4.23. The summed E-state index contributed by atoms with van der Waals surface area (Å²) >= 11 is 0. The fourth-order valence-corrected chi connectivity index (χ4v) is 0.741. The standard InChI is InChI=1S/C8H8O3.H2O/c1-5-3-2-4-6(9)8(11)7(5)10;/h2-4H,1H3,(H2,9,10,11);1H2. The maximum atomic E-state index is 10.8. The molecule has 1 aromatic carbocycles. The van der Waals surface area contributed by atoms with Gasteiger partial charge in [-0.15, -0.1) is 0 Å². The van der Waals surface area contributed by atoms with E-state index in [2.05, 4.69) is 0 Å². The maximum absolute atomic E-state index is 10.8. The second-order valence-electron chi connectivity index (χ2n) is 2.27. The lowest BCUT2D eigenvalue weighted by atomic mass is 10.3. The van der Waals surface area contributed by atoms with Gasteiger partial charge in [-0.1, -0.05) is 12.1 Å². The van der Waals surface area contributed by atoms with E-state index in [4.69, 9.17) is 10.2 Å². The molecule has 0 spiro atoms. The molecule has 0 fully saturated rings. The van der Waals surface area contributed by atoms with Crippen LogP contribution in [0.3, 0.4) is 0 Å². The highest BCUT2D eigenvalue weighted by Crippen LogP contribution is 2.21. The molecule has 0 aliphatic heterocycles. The maximum Gasteiger partial charge on any atom is 0.224 e. The minimum absolute atomic E-state index is 0. The minimum atomic E-state index is -0.590. The van der Waals surface area contributed by atoms with E-state index in [-0.39, 0.29) is 11.2 Å². The molecule has 66 valence electrons. The molecule has 0 aliphatic rings. The van der Waals surface area contributed by atoms with Crippen LogP contribution in [0.2, 0.25) is 0 Å². The van der Waals surface area contributed by atoms with Crippen LogP contribution in [-0.4, -0.2) is 15.7 Å². The molecule has 0 aromatic heterocycles. The number of hydrogen-bond donors (Lipinski definition) is 2. The van der Waals surface area contributed by atoms with Crippen molar-refractivity contribution in [1.82, 2.24) is 0 Å². The van der Waals surface area contributed by atoms with Crippen molar-refractivity contribution in [3.8, 4) is 11.5 Å². The Morgan fingerprint density at radius 2 is 1.75 bits per heavy atom. The summed E-state index contributed by atoms with van der Waals surface area (Å²) in [6.07, 6.45) is 0. The predicted octanol–water partition coefficient (Wildman–Crippen LogP) is -0.0583. The first-order valence-corrected chi connectivity index (χ1v) is 3.15. The van der Waals surface area contributed by atoms with Gasteiger partial charge in [-0.2, -0.15) is 0 Å². The van der Waals surface area contributed by atoms with Crippen molar-refractivity contribution in [3.05, 3.63) is 34.0 Å². The zero-order valence-corrected chi connectivity index (χ0v) is 6.53. The van der Waals surface area contributed by atoms with Gasteiger partial charge in [0.1, 0.15) is 0 Å². The molecule has 0 amide bonds. The van der Waals surface area contributed by atoms with Gasteiger partial charge in [0, 0.05) is 0 Å². The van der Waals surface area contributed by atoms with Crippen molar-refractivity contribution >= 4 is 0 Å². The van der Waals surface area contributed by atoms with E-state index in [0.717, 1.165) is 0 Å². The first-order valence-electron chi connectivity index (χ1n) is 3.15. The third-order valence-electron chi connectivity index (χ3n) is 1.43. The summed E-state index contributed by atoms with van der Waals surface area (Å²) in [5.74, 6) is -0.937. The van der Waals surface area contributed by atoms with E-state index < -0.39 is 11.2 Å². The topological polar surface area (TPSA) is 89.0 Å². The molecule has 0 aliphatic carbocycles. The van der Waals surface area contributed by atoms with Crippen LogP contribution < -0.4 is 5.43 Å². The summed E-state index contributed by atoms with van der Waals surface area (Å²) in [4.78, 5) is 10.8. The lowest BCUT2D eigenvalue weighted by Crippen LogP contribution is -1.92. The Morgan fingerprint density at radius 3 is 2.33 bits per heavy atom. The van der Waals surface area contributed by atoms with E-state index in [0.29, 0.717) is 5.56 Å². The van der Waals surface area contributed by atoms with Crippen molar-refractivity contribution in [3.63, 3.8) is 0 Å². The van der Waals surface area contributed by atoms with Crippen LogP contribution in [0.1, 0.15) is 5.56 Å². The summed E-state index contributed by atoms with van der Waals surface area (Å²) < 4.78 is 0. The van der Waals surface area contributed by atoms with Gasteiger partial charge in [-0.05, 0) is 18.6 Å². The normalized spacial score (nSPS) is 8.75. The van der Waals surface area contributed by atoms with E-state index in [9.17, 15) is 4.79 Å². The summed E-state index contributed by atoms with van der Waals surface area (Å²) in [5, 5.41) is 18.1. The van der Waals surface area contributed by atoms with E-state index in [1.165, 1.54) is 12.1 Å². The summed E-state index contributed by atoms with van der Waals surface area (Å²) in [5.41, 5.74) is -0.0970. The molecule has 12 heavy (non-hydrogen) atoms. The average molecular weight is 170 g/mol. The van der Waals surface area contributed by atoms with E-state index in [1.54, 1.807) is 13.0 Å². The highest BCUT2D eigenvalue weighted by atomic mass is 16.3. The molecule has 1 rings (SSSR count). The van der Waals surface area contributed by atoms with Crippen LogP contribution in [-0.2, 0) is 0 Å². The highest BCUT2D eigenvalue weighted by Gasteiger charge is 2.02. The molecule has 0 radical (unpaired) electrons. The van der Waals surface area contributed by atoms with Crippen LogP contribution in [0.15, 0.2) is 23.0 Å². The van der Waals surface area contributed by atoms with Gasteiger partial charge in [0.25, 0.3) is 0 Å². The first kappa shape index (κ1) is 10.4. The number of hydrogen-bond acceptors (Lipinski definition) is 3. The average Bonchev–Trinajstić information content (AvgIpc) is 2.07. The molecule has 0 heterocycles. The molecule has 0 saturated carbocycles. The van der Waals surface area contributed by atoms with Crippen molar-refractivity contribution in [1.29, 1.82) is 0 Å². The van der Waals surface area contributed by atoms with Crippen molar-refractivity contribution in [2.24, 2.45) is 0 Å². The second kappa shape index (κ2) is 3.73. The Bertz CT molecular complexity index is 332. The fraction of sp³-hybridized carbons (Fsp3) is 0.125. The van der Waals surface area contributed by atoms with Crippen molar-refractivity contribution in [2.45, 2.75) is 6.92 Å². The van der Waals surface area contributed by atoms with Crippen LogP contribution in [0.5, 0.6) is 11.5 Å². The molecule has 4 nitrogen and oxygen atoms in total. The van der Waals surface area contributed by atoms with Gasteiger partial charge in [-0.25, -0.2) is 0 Å². The van der Waals surface area contributed by atoms with Gasteiger partial charge < -0.3 is 15.7 Å². The monoisotopic (exact) mass is 170 g/mol. The largest absolute Gasteiger partial charge is 0.504 e. The molecular formula is C8H10O4. The van der Waals surface area contributed by atoms with Crippen LogP contribution in [0.25, 0.3) is 0 Å². The molecular weight excluding hydrogens is 160 g/mol. The third-order valence-corrected chi connectivity index (χ3v) is 1.43. The number of aryl methyl sites for hydroxylation is 1. The van der Waals surface area contributed by atoms with Gasteiger partial charge in [-0.3, -0.25) is 4.79 Å². The lowest BCUT2D eigenvalue weighted by molar-refractivity contribution is 0.399. The third kappa shape index (κ3) is 1.73.